The number of carboxylic acids is 1. The smallest absolute Gasteiger partial charge is 0.320 e. The fraction of sp³-hybridized carbons (Fsp3) is 0.222. The number of carboxylic acid groups (broad SMARTS) is 1. The third kappa shape index (κ3) is 2.72. The van der Waals surface area contributed by atoms with Crippen LogP contribution in [-0.4, -0.2) is 17.1 Å². The monoisotopic (exact) mass is 195 g/mol. The largest absolute Gasteiger partial charge is 0.480 e. The average molecular weight is 195 g/mol. The summed E-state index contributed by atoms with van der Waals surface area (Å²) in [6, 6.07) is 6.26. The zero-order valence-corrected chi connectivity index (χ0v) is 7.60. The second kappa shape index (κ2) is 4.59. The van der Waals surface area contributed by atoms with Gasteiger partial charge in [0.05, 0.1) is 0 Å². The predicted molar refractivity (Wildman–Crippen MR) is 53.6 cm³/mol. The average Bonchev–Trinajstić information content (AvgIpc) is 2.19. The molecule has 1 unspecified atom stereocenters. The highest BCUT2D eigenvalue weighted by molar-refractivity contribution is 5.73. The Balaban J connectivity index is 2.64. The molecule has 1 aromatic rings. The van der Waals surface area contributed by atoms with E-state index in [0.717, 1.165) is 11.3 Å². The van der Waals surface area contributed by atoms with E-state index in [2.05, 4.69) is 5.43 Å². The van der Waals surface area contributed by atoms with Crippen molar-refractivity contribution in [3.63, 3.8) is 0 Å². The van der Waals surface area contributed by atoms with Crippen molar-refractivity contribution in [2.24, 2.45) is 11.6 Å². The van der Waals surface area contributed by atoms with Crippen molar-refractivity contribution in [2.75, 3.05) is 5.43 Å². The highest BCUT2D eigenvalue weighted by atomic mass is 16.4. The summed E-state index contributed by atoms with van der Waals surface area (Å²) < 4.78 is 0. The zero-order valence-electron chi connectivity index (χ0n) is 7.60. The summed E-state index contributed by atoms with van der Waals surface area (Å²) in [5.41, 5.74) is 9.51. The standard InChI is InChI=1S/C9H13N3O2/c10-8(9(13)14)5-6-1-3-7(12-11)4-2-6/h1-4,8,12H,5,10-11H2,(H,13,14). The fourth-order valence-electron chi connectivity index (χ4n) is 1.08. The van der Waals surface area contributed by atoms with Crippen molar-refractivity contribution in [2.45, 2.75) is 12.5 Å². The van der Waals surface area contributed by atoms with Crippen LogP contribution in [0.4, 0.5) is 5.69 Å². The van der Waals surface area contributed by atoms with Gasteiger partial charge in [-0.2, -0.15) is 0 Å². The van der Waals surface area contributed by atoms with Crippen molar-refractivity contribution in [3.8, 4) is 0 Å². The third-order valence-corrected chi connectivity index (χ3v) is 1.89. The Bertz CT molecular complexity index is 310. The van der Waals surface area contributed by atoms with E-state index in [-0.39, 0.29) is 0 Å². The van der Waals surface area contributed by atoms with E-state index in [1.54, 1.807) is 24.3 Å². The zero-order chi connectivity index (χ0) is 10.6. The van der Waals surface area contributed by atoms with Crippen molar-refractivity contribution in [1.82, 2.24) is 0 Å². The molecule has 1 rings (SSSR count). The third-order valence-electron chi connectivity index (χ3n) is 1.89. The molecular weight excluding hydrogens is 182 g/mol. The Hall–Kier alpha value is -1.59. The second-order valence-corrected chi connectivity index (χ2v) is 2.99. The molecular formula is C9H13N3O2. The number of benzene rings is 1. The molecule has 14 heavy (non-hydrogen) atoms. The summed E-state index contributed by atoms with van der Waals surface area (Å²) in [6.07, 6.45) is 0.320. The van der Waals surface area contributed by atoms with Crippen LogP contribution >= 0.6 is 0 Å². The van der Waals surface area contributed by atoms with Gasteiger partial charge in [0.2, 0.25) is 0 Å². The summed E-state index contributed by atoms with van der Waals surface area (Å²) >= 11 is 0. The summed E-state index contributed by atoms with van der Waals surface area (Å²) in [6.45, 7) is 0. The Kier molecular flexibility index (Phi) is 3.44. The summed E-state index contributed by atoms with van der Waals surface area (Å²) in [4.78, 5) is 10.5. The molecule has 6 N–H and O–H groups in total. The molecule has 0 bridgehead atoms. The van der Waals surface area contributed by atoms with Gasteiger partial charge >= 0.3 is 5.97 Å². The van der Waals surface area contributed by atoms with Crippen LogP contribution in [0.3, 0.4) is 0 Å². The van der Waals surface area contributed by atoms with Gasteiger partial charge in [0.1, 0.15) is 6.04 Å². The summed E-state index contributed by atoms with van der Waals surface area (Å²) in [7, 11) is 0. The van der Waals surface area contributed by atoms with E-state index in [1.807, 2.05) is 0 Å². The van der Waals surface area contributed by atoms with Crippen LogP contribution in [-0.2, 0) is 11.2 Å². The van der Waals surface area contributed by atoms with E-state index < -0.39 is 12.0 Å². The fourth-order valence-corrected chi connectivity index (χ4v) is 1.08. The van der Waals surface area contributed by atoms with Gasteiger partial charge in [-0.3, -0.25) is 10.6 Å². The van der Waals surface area contributed by atoms with E-state index in [4.69, 9.17) is 16.7 Å². The van der Waals surface area contributed by atoms with Crippen LogP contribution in [0.25, 0.3) is 0 Å². The predicted octanol–water partition coefficient (Wildman–Crippen LogP) is -0.0734. The molecule has 0 aliphatic heterocycles. The lowest BCUT2D eigenvalue weighted by Crippen LogP contribution is -2.32. The number of aliphatic carboxylic acids is 1. The lowest BCUT2D eigenvalue weighted by molar-refractivity contribution is -0.138. The normalized spacial score (nSPS) is 12.1. The van der Waals surface area contributed by atoms with E-state index in [9.17, 15) is 4.79 Å². The first kappa shape index (κ1) is 10.5. The molecule has 0 aliphatic rings. The van der Waals surface area contributed by atoms with Crippen molar-refractivity contribution in [1.29, 1.82) is 0 Å². The maximum Gasteiger partial charge on any atom is 0.320 e. The minimum Gasteiger partial charge on any atom is -0.480 e. The molecule has 76 valence electrons. The maximum atomic E-state index is 10.5. The molecule has 1 atom stereocenters. The molecule has 1 aromatic carbocycles. The lowest BCUT2D eigenvalue weighted by atomic mass is 10.1. The van der Waals surface area contributed by atoms with Crippen LogP contribution in [0.5, 0.6) is 0 Å². The minimum absolute atomic E-state index is 0.320. The lowest BCUT2D eigenvalue weighted by Gasteiger charge is -2.06. The number of hydrogen-bond acceptors (Lipinski definition) is 4. The number of anilines is 1. The molecule has 0 saturated carbocycles. The Morgan fingerprint density at radius 1 is 1.43 bits per heavy atom. The van der Waals surface area contributed by atoms with E-state index in [1.165, 1.54) is 0 Å². The Labute approximate surface area is 81.7 Å². The maximum absolute atomic E-state index is 10.5. The summed E-state index contributed by atoms with van der Waals surface area (Å²) in [5, 5.41) is 8.59. The quantitative estimate of drug-likeness (QED) is 0.398. The molecule has 0 fully saturated rings. The first-order valence-corrected chi connectivity index (χ1v) is 4.17. The molecule has 0 saturated heterocycles. The van der Waals surface area contributed by atoms with Crippen molar-refractivity contribution >= 4 is 11.7 Å². The number of nitrogen functional groups attached to an aromatic ring is 1. The van der Waals surface area contributed by atoms with Gasteiger partial charge < -0.3 is 16.3 Å². The number of hydrogen-bond donors (Lipinski definition) is 4. The van der Waals surface area contributed by atoms with Gasteiger partial charge in [-0.25, -0.2) is 0 Å². The van der Waals surface area contributed by atoms with Crippen LogP contribution in [0, 0.1) is 0 Å². The van der Waals surface area contributed by atoms with Gasteiger partial charge in [-0.05, 0) is 24.1 Å². The van der Waals surface area contributed by atoms with Gasteiger partial charge in [-0.15, -0.1) is 0 Å². The molecule has 5 heteroatoms. The Morgan fingerprint density at radius 3 is 2.43 bits per heavy atom. The molecule has 5 nitrogen and oxygen atoms in total. The number of carbonyl (C=O) groups is 1. The van der Waals surface area contributed by atoms with Gasteiger partial charge in [0, 0.05) is 5.69 Å². The highest BCUT2D eigenvalue weighted by Gasteiger charge is 2.11. The van der Waals surface area contributed by atoms with E-state index >= 15 is 0 Å². The minimum atomic E-state index is -0.994. The van der Waals surface area contributed by atoms with E-state index in [0.29, 0.717) is 6.42 Å². The van der Waals surface area contributed by atoms with Crippen LogP contribution in [0.1, 0.15) is 5.56 Å². The van der Waals surface area contributed by atoms with Crippen molar-refractivity contribution < 1.29 is 9.90 Å². The van der Waals surface area contributed by atoms with Gasteiger partial charge in [0.15, 0.2) is 0 Å². The van der Waals surface area contributed by atoms with Crippen molar-refractivity contribution in [3.05, 3.63) is 29.8 Å². The number of hydrazine groups is 1. The first-order valence-electron chi connectivity index (χ1n) is 4.17. The molecule has 0 amide bonds. The first-order chi connectivity index (χ1) is 6.63. The van der Waals surface area contributed by atoms with Gasteiger partial charge in [0.25, 0.3) is 0 Å². The highest BCUT2D eigenvalue weighted by Crippen LogP contribution is 2.09. The number of nitrogens with one attached hydrogen (secondary N) is 1. The van der Waals surface area contributed by atoms with Crippen LogP contribution in [0.2, 0.25) is 0 Å². The number of rotatable bonds is 4. The molecule has 0 aliphatic carbocycles. The Morgan fingerprint density at radius 2 is 2.00 bits per heavy atom. The molecule has 0 radical (unpaired) electrons. The summed E-state index contributed by atoms with van der Waals surface area (Å²) in [5.74, 6) is 4.19. The SMILES string of the molecule is NNc1ccc(CC(N)C(=O)O)cc1. The molecule has 0 heterocycles. The van der Waals surface area contributed by atoms with Crippen LogP contribution in [0.15, 0.2) is 24.3 Å². The van der Waals surface area contributed by atoms with Crippen LogP contribution < -0.4 is 17.0 Å². The second-order valence-electron chi connectivity index (χ2n) is 2.99. The topological polar surface area (TPSA) is 101 Å². The van der Waals surface area contributed by atoms with Gasteiger partial charge in [-0.1, -0.05) is 12.1 Å². The molecule has 0 spiro atoms. The molecule has 0 aromatic heterocycles. The number of nitrogens with two attached hydrogens (primary N) is 2.